The molecule has 1 heterocycles. The van der Waals surface area contributed by atoms with Gasteiger partial charge in [-0.15, -0.1) is 0 Å². The number of hydrogen-bond acceptors (Lipinski definition) is 6. The maximum Gasteiger partial charge on any atom is 0.408 e. The van der Waals surface area contributed by atoms with E-state index in [1.807, 2.05) is 58.0 Å². The van der Waals surface area contributed by atoms with Crippen molar-refractivity contribution in [1.82, 2.24) is 16.0 Å². The molecular weight excluding hydrogens is 474 g/mol. The summed E-state index contributed by atoms with van der Waals surface area (Å²) in [6, 6.07) is 7.40. The number of carbonyl (C=O) groups is 3. The van der Waals surface area contributed by atoms with Gasteiger partial charge >= 0.3 is 6.09 Å². The molecule has 9 heteroatoms. The Bertz CT molecular complexity index is 840. The van der Waals surface area contributed by atoms with Gasteiger partial charge in [-0.3, -0.25) is 9.59 Å². The molecule has 1 fully saturated rings. The quantitative estimate of drug-likeness (QED) is 0.345. The molecule has 0 bridgehead atoms. The average molecular weight is 520 g/mol. The highest BCUT2D eigenvalue weighted by Crippen LogP contribution is 2.17. The third-order valence-corrected chi connectivity index (χ3v) is 5.90. The van der Waals surface area contributed by atoms with Crippen LogP contribution in [0.15, 0.2) is 30.3 Å². The van der Waals surface area contributed by atoms with Gasteiger partial charge in [-0.2, -0.15) is 0 Å². The van der Waals surface area contributed by atoms with Gasteiger partial charge in [-0.25, -0.2) is 4.79 Å². The molecule has 2 rings (SSSR count). The minimum atomic E-state index is -0.835. The fourth-order valence-electron chi connectivity index (χ4n) is 4.22. The van der Waals surface area contributed by atoms with Gasteiger partial charge in [0.05, 0.1) is 19.3 Å². The zero-order valence-electron chi connectivity index (χ0n) is 23.1. The Hall–Kier alpha value is -2.65. The smallest absolute Gasteiger partial charge is 0.408 e. The largest absolute Gasteiger partial charge is 0.445 e. The molecule has 1 aliphatic heterocycles. The SMILES string of the molecule is CC(C)C[C@H](NC(=O)OCc1ccccc1)C(=O)N[C@@H](CC(C)C)C(=O)N[C@@H](CC(C)C)C1OCCO1. The first-order chi connectivity index (χ1) is 17.5. The van der Waals surface area contributed by atoms with E-state index in [-0.39, 0.29) is 30.4 Å². The van der Waals surface area contributed by atoms with Crippen molar-refractivity contribution >= 4 is 17.9 Å². The van der Waals surface area contributed by atoms with Crippen LogP contribution in [-0.4, -0.2) is 55.5 Å². The summed E-state index contributed by atoms with van der Waals surface area (Å²) < 4.78 is 16.6. The van der Waals surface area contributed by atoms with E-state index in [0.29, 0.717) is 38.4 Å². The highest BCUT2D eigenvalue weighted by atomic mass is 16.7. The molecule has 0 radical (unpaired) electrons. The molecule has 9 nitrogen and oxygen atoms in total. The van der Waals surface area contributed by atoms with Crippen LogP contribution in [0.4, 0.5) is 4.79 Å². The van der Waals surface area contributed by atoms with Crippen LogP contribution in [0.5, 0.6) is 0 Å². The third kappa shape index (κ3) is 11.5. The summed E-state index contributed by atoms with van der Waals surface area (Å²) in [6.45, 7) is 13.1. The van der Waals surface area contributed by atoms with Crippen LogP contribution in [0.25, 0.3) is 0 Å². The summed E-state index contributed by atoms with van der Waals surface area (Å²) in [6.07, 6.45) is 0.357. The number of alkyl carbamates (subject to hydrolysis) is 1. The zero-order valence-corrected chi connectivity index (χ0v) is 23.1. The monoisotopic (exact) mass is 519 g/mol. The molecule has 3 atom stereocenters. The number of amides is 3. The van der Waals surface area contributed by atoms with E-state index >= 15 is 0 Å². The lowest BCUT2D eigenvalue weighted by molar-refractivity contribution is -0.133. The van der Waals surface area contributed by atoms with Gasteiger partial charge in [0.2, 0.25) is 11.8 Å². The van der Waals surface area contributed by atoms with Crippen molar-refractivity contribution in [3.05, 3.63) is 35.9 Å². The van der Waals surface area contributed by atoms with Gasteiger partial charge in [0.1, 0.15) is 18.7 Å². The number of carbonyl (C=O) groups excluding carboxylic acids is 3. The van der Waals surface area contributed by atoms with Crippen LogP contribution in [0.3, 0.4) is 0 Å². The normalized spacial score (nSPS) is 16.5. The Kier molecular flexibility index (Phi) is 12.9. The molecule has 1 aromatic carbocycles. The lowest BCUT2D eigenvalue weighted by Gasteiger charge is -2.29. The summed E-state index contributed by atoms with van der Waals surface area (Å²) >= 11 is 0. The van der Waals surface area contributed by atoms with Gasteiger partial charge < -0.3 is 30.2 Å². The number of benzene rings is 1. The van der Waals surface area contributed by atoms with E-state index in [1.54, 1.807) is 0 Å². The topological polar surface area (TPSA) is 115 Å². The second kappa shape index (κ2) is 15.6. The van der Waals surface area contributed by atoms with Crippen molar-refractivity contribution < 1.29 is 28.6 Å². The lowest BCUT2D eigenvalue weighted by atomic mass is 9.99. The Morgan fingerprint density at radius 1 is 0.784 bits per heavy atom. The fourth-order valence-corrected chi connectivity index (χ4v) is 4.22. The minimum Gasteiger partial charge on any atom is -0.445 e. The molecule has 1 saturated heterocycles. The van der Waals surface area contributed by atoms with Crippen molar-refractivity contribution in [3.8, 4) is 0 Å². The first kappa shape index (κ1) is 30.6. The van der Waals surface area contributed by atoms with Gasteiger partial charge in [0.25, 0.3) is 0 Å². The van der Waals surface area contributed by atoms with Crippen LogP contribution >= 0.6 is 0 Å². The van der Waals surface area contributed by atoms with Crippen molar-refractivity contribution in [3.63, 3.8) is 0 Å². The number of rotatable bonds is 14. The summed E-state index contributed by atoms with van der Waals surface area (Å²) in [4.78, 5) is 39.1. The molecule has 0 aromatic heterocycles. The highest BCUT2D eigenvalue weighted by molar-refractivity contribution is 5.91. The van der Waals surface area contributed by atoms with Crippen molar-refractivity contribution in [2.24, 2.45) is 17.8 Å². The molecule has 37 heavy (non-hydrogen) atoms. The lowest BCUT2D eigenvalue weighted by Crippen LogP contribution is -2.57. The maximum atomic E-state index is 13.3. The van der Waals surface area contributed by atoms with Crippen molar-refractivity contribution in [1.29, 1.82) is 0 Å². The Morgan fingerprint density at radius 3 is 1.84 bits per heavy atom. The first-order valence-electron chi connectivity index (χ1n) is 13.4. The third-order valence-electron chi connectivity index (χ3n) is 5.90. The molecule has 0 spiro atoms. The molecule has 208 valence electrons. The van der Waals surface area contributed by atoms with E-state index in [0.717, 1.165) is 5.56 Å². The molecular formula is C28H45N3O6. The zero-order chi connectivity index (χ0) is 27.4. The van der Waals surface area contributed by atoms with Gasteiger partial charge in [-0.1, -0.05) is 71.9 Å². The summed E-state index contributed by atoms with van der Waals surface area (Å²) in [5, 5.41) is 8.61. The van der Waals surface area contributed by atoms with Crippen LogP contribution in [0.2, 0.25) is 0 Å². The predicted molar refractivity (Wildman–Crippen MR) is 141 cm³/mol. The summed E-state index contributed by atoms with van der Waals surface area (Å²) in [5.41, 5.74) is 0.849. The maximum absolute atomic E-state index is 13.3. The highest BCUT2D eigenvalue weighted by Gasteiger charge is 2.33. The Labute approximate surface area is 221 Å². The van der Waals surface area contributed by atoms with Gasteiger partial charge in [0, 0.05) is 0 Å². The first-order valence-corrected chi connectivity index (χ1v) is 13.4. The molecule has 3 N–H and O–H groups in total. The standard InChI is InChI=1S/C28H45N3O6/c1-18(2)14-22(25(32)30-24(16-20(5)6)27-35-12-13-36-27)29-26(33)23(15-19(3)4)31-28(34)37-17-21-10-8-7-9-11-21/h7-11,18-20,22-24,27H,12-17H2,1-6H3,(H,29,33)(H,30,32)(H,31,34)/t22-,23-,24-/m0/s1. The summed E-state index contributed by atoms with van der Waals surface area (Å²) in [5.74, 6) is -0.0972. The minimum absolute atomic E-state index is 0.101. The fraction of sp³-hybridized carbons (Fsp3) is 0.679. The predicted octanol–water partition coefficient (Wildman–Crippen LogP) is 3.76. The molecule has 0 aliphatic carbocycles. The Morgan fingerprint density at radius 2 is 1.30 bits per heavy atom. The number of hydrogen-bond donors (Lipinski definition) is 3. The number of ether oxygens (including phenoxy) is 3. The molecule has 1 aromatic rings. The van der Waals surface area contributed by atoms with E-state index in [2.05, 4.69) is 29.8 Å². The Balaban J connectivity index is 2.05. The van der Waals surface area contributed by atoms with Crippen molar-refractivity contribution in [2.45, 2.75) is 91.8 Å². The van der Waals surface area contributed by atoms with Crippen LogP contribution < -0.4 is 16.0 Å². The molecule has 0 unspecified atom stereocenters. The van der Waals surface area contributed by atoms with E-state index < -0.39 is 30.4 Å². The average Bonchev–Trinajstić information content (AvgIpc) is 3.36. The molecule has 1 aliphatic rings. The van der Waals surface area contributed by atoms with E-state index in [9.17, 15) is 14.4 Å². The van der Waals surface area contributed by atoms with Gasteiger partial charge in [0.15, 0.2) is 6.29 Å². The van der Waals surface area contributed by atoms with Crippen LogP contribution in [0, 0.1) is 17.8 Å². The second-order valence-electron chi connectivity index (χ2n) is 10.9. The second-order valence-corrected chi connectivity index (χ2v) is 10.9. The van der Waals surface area contributed by atoms with E-state index in [1.165, 1.54) is 0 Å². The van der Waals surface area contributed by atoms with Crippen LogP contribution in [0.1, 0.15) is 66.4 Å². The number of nitrogens with one attached hydrogen (secondary N) is 3. The molecule has 0 saturated carbocycles. The van der Waals surface area contributed by atoms with Crippen LogP contribution in [-0.2, 0) is 30.4 Å². The summed E-state index contributed by atoms with van der Waals surface area (Å²) in [7, 11) is 0. The molecule has 3 amide bonds. The van der Waals surface area contributed by atoms with Gasteiger partial charge in [-0.05, 0) is 42.6 Å². The van der Waals surface area contributed by atoms with Crippen molar-refractivity contribution in [2.75, 3.05) is 13.2 Å². The van der Waals surface area contributed by atoms with E-state index in [4.69, 9.17) is 14.2 Å².